The predicted octanol–water partition coefficient (Wildman–Crippen LogP) is 0.597. The molecule has 1 rings (SSSR count). The zero-order valence-electron chi connectivity index (χ0n) is 6.05. The maximum absolute atomic E-state index is 10.3. The van der Waals surface area contributed by atoms with Crippen LogP contribution in [-0.4, -0.2) is 19.4 Å². The molecule has 0 bridgehead atoms. The average Bonchev–Trinajstić information content (AvgIpc) is 2.05. The van der Waals surface area contributed by atoms with Crippen molar-refractivity contribution in [3.63, 3.8) is 0 Å². The summed E-state index contributed by atoms with van der Waals surface area (Å²) in [4.78, 5) is 10.3. The minimum absolute atomic E-state index is 0.205. The van der Waals surface area contributed by atoms with Crippen LogP contribution in [-0.2, 0) is 4.79 Å². The molecular weight excluding hydrogens is 126 g/mol. The Balaban J connectivity index is 2.38. The van der Waals surface area contributed by atoms with Crippen molar-refractivity contribution >= 4 is 6.29 Å². The van der Waals surface area contributed by atoms with E-state index in [1.54, 1.807) is 0 Å². The fraction of sp³-hybridized carbons (Fsp3) is 0.625. The molecule has 2 atom stereocenters. The molecule has 0 amide bonds. The molecule has 2 nitrogen and oxygen atoms in total. The Hall–Kier alpha value is -0.630. The molecule has 2 unspecified atom stereocenters. The molecule has 1 heterocycles. The van der Waals surface area contributed by atoms with Crippen LogP contribution in [0.2, 0.25) is 0 Å². The average molecular weight is 139 g/mol. The van der Waals surface area contributed by atoms with Gasteiger partial charge in [0.15, 0.2) is 0 Å². The Labute approximate surface area is 61.3 Å². The summed E-state index contributed by atoms with van der Waals surface area (Å²) in [6.45, 7) is 5.52. The van der Waals surface area contributed by atoms with Gasteiger partial charge in [-0.25, -0.2) is 0 Å². The summed E-state index contributed by atoms with van der Waals surface area (Å²) in [7, 11) is 0. The molecular formula is C8H13NO. The Morgan fingerprint density at radius 1 is 1.40 bits per heavy atom. The zero-order valence-corrected chi connectivity index (χ0v) is 6.05. The van der Waals surface area contributed by atoms with Crippen LogP contribution in [0.4, 0.5) is 0 Å². The van der Waals surface area contributed by atoms with Gasteiger partial charge >= 0.3 is 0 Å². The summed E-state index contributed by atoms with van der Waals surface area (Å²) < 4.78 is 0. The lowest BCUT2D eigenvalue weighted by atomic mass is 9.92. The van der Waals surface area contributed by atoms with Crippen LogP contribution < -0.4 is 5.32 Å². The minimum atomic E-state index is 0.205. The van der Waals surface area contributed by atoms with Crippen molar-refractivity contribution in [3.05, 3.63) is 12.7 Å². The van der Waals surface area contributed by atoms with E-state index in [-0.39, 0.29) is 5.92 Å². The van der Waals surface area contributed by atoms with Gasteiger partial charge < -0.3 is 10.1 Å². The highest BCUT2D eigenvalue weighted by Gasteiger charge is 2.17. The number of carbonyl (C=O) groups is 1. The monoisotopic (exact) mass is 139 g/mol. The summed E-state index contributed by atoms with van der Waals surface area (Å²) in [6.07, 6.45) is 3.92. The largest absolute Gasteiger partial charge is 0.315 e. The zero-order chi connectivity index (χ0) is 7.40. The van der Waals surface area contributed by atoms with Crippen LogP contribution in [0.1, 0.15) is 6.42 Å². The van der Waals surface area contributed by atoms with Crippen molar-refractivity contribution in [1.29, 1.82) is 0 Å². The molecule has 1 aliphatic rings. The van der Waals surface area contributed by atoms with Gasteiger partial charge in [0.05, 0.1) is 0 Å². The molecule has 0 aromatic carbocycles. The standard InChI is InChI=1S/C8H13NO/c1-2-7-3-8(6-10)5-9-4-7/h2,6-9H,1,3-5H2. The van der Waals surface area contributed by atoms with Gasteiger partial charge in [0.2, 0.25) is 0 Å². The smallest absolute Gasteiger partial charge is 0.124 e. The first-order valence-electron chi connectivity index (χ1n) is 3.65. The first-order chi connectivity index (χ1) is 4.86. The van der Waals surface area contributed by atoms with E-state index < -0.39 is 0 Å². The molecule has 0 spiro atoms. The van der Waals surface area contributed by atoms with Crippen LogP contribution in [0, 0.1) is 11.8 Å². The Morgan fingerprint density at radius 2 is 2.10 bits per heavy atom. The summed E-state index contributed by atoms with van der Waals surface area (Å²) in [5, 5.41) is 3.18. The summed E-state index contributed by atoms with van der Waals surface area (Å²) >= 11 is 0. The Bertz CT molecular complexity index is 119. The van der Waals surface area contributed by atoms with Gasteiger partial charge in [0.1, 0.15) is 6.29 Å². The summed E-state index contributed by atoms with van der Waals surface area (Å²) in [5.41, 5.74) is 0. The molecule has 0 radical (unpaired) electrons. The van der Waals surface area contributed by atoms with Crippen molar-refractivity contribution in [2.75, 3.05) is 13.1 Å². The predicted molar refractivity (Wildman–Crippen MR) is 40.7 cm³/mol. The van der Waals surface area contributed by atoms with Gasteiger partial charge in [-0.1, -0.05) is 6.08 Å². The van der Waals surface area contributed by atoms with E-state index in [0.717, 1.165) is 25.8 Å². The van der Waals surface area contributed by atoms with E-state index in [9.17, 15) is 4.79 Å². The maximum atomic E-state index is 10.3. The van der Waals surface area contributed by atoms with E-state index >= 15 is 0 Å². The molecule has 10 heavy (non-hydrogen) atoms. The number of nitrogens with one attached hydrogen (secondary N) is 1. The number of aldehydes is 1. The number of hydrogen-bond donors (Lipinski definition) is 1. The van der Waals surface area contributed by atoms with Crippen LogP contribution in [0.15, 0.2) is 12.7 Å². The fourth-order valence-electron chi connectivity index (χ4n) is 1.29. The SMILES string of the molecule is C=CC1CNCC(C=O)C1. The Morgan fingerprint density at radius 3 is 2.70 bits per heavy atom. The molecule has 1 saturated heterocycles. The Kier molecular flexibility index (Phi) is 2.63. The first-order valence-corrected chi connectivity index (χ1v) is 3.65. The summed E-state index contributed by atoms with van der Waals surface area (Å²) in [5.74, 6) is 0.695. The second kappa shape index (κ2) is 3.52. The van der Waals surface area contributed by atoms with Crippen LogP contribution in [0.25, 0.3) is 0 Å². The molecule has 0 aromatic heterocycles. The van der Waals surface area contributed by atoms with E-state index in [4.69, 9.17) is 0 Å². The van der Waals surface area contributed by atoms with E-state index in [1.165, 1.54) is 0 Å². The lowest BCUT2D eigenvalue weighted by Gasteiger charge is -2.23. The molecule has 1 fully saturated rings. The van der Waals surface area contributed by atoms with Crippen molar-refractivity contribution < 1.29 is 4.79 Å². The van der Waals surface area contributed by atoms with Gasteiger partial charge in [-0.2, -0.15) is 0 Å². The maximum Gasteiger partial charge on any atom is 0.124 e. The van der Waals surface area contributed by atoms with Crippen LogP contribution >= 0.6 is 0 Å². The quantitative estimate of drug-likeness (QED) is 0.448. The second-order valence-electron chi connectivity index (χ2n) is 2.79. The minimum Gasteiger partial charge on any atom is -0.315 e. The van der Waals surface area contributed by atoms with Gasteiger partial charge in [-0.15, -0.1) is 6.58 Å². The number of hydrogen-bond acceptors (Lipinski definition) is 2. The number of carbonyl (C=O) groups excluding carboxylic acids is 1. The first kappa shape index (κ1) is 7.48. The molecule has 0 saturated carbocycles. The highest BCUT2D eigenvalue weighted by molar-refractivity contribution is 5.54. The van der Waals surface area contributed by atoms with Crippen molar-refractivity contribution in [2.45, 2.75) is 6.42 Å². The lowest BCUT2D eigenvalue weighted by molar-refractivity contribution is -0.111. The highest BCUT2D eigenvalue weighted by atomic mass is 16.1. The third-order valence-corrected chi connectivity index (χ3v) is 1.94. The third kappa shape index (κ3) is 1.67. The van der Waals surface area contributed by atoms with Gasteiger partial charge in [-0.3, -0.25) is 0 Å². The number of rotatable bonds is 2. The normalized spacial score (nSPS) is 33.2. The van der Waals surface area contributed by atoms with Crippen LogP contribution in [0.3, 0.4) is 0 Å². The molecule has 0 aromatic rings. The number of piperidine rings is 1. The van der Waals surface area contributed by atoms with Crippen molar-refractivity contribution in [3.8, 4) is 0 Å². The van der Waals surface area contributed by atoms with Crippen molar-refractivity contribution in [1.82, 2.24) is 5.32 Å². The molecule has 1 N–H and O–H groups in total. The molecule has 1 aliphatic heterocycles. The second-order valence-corrected chi connectivity index (χ2v) is 2.79. The highest BCUT2D eigenvalue weighted by Crippen LogP contribution is 2.14. The van der Waals surface area contributed by atoms with Gasteiger partial charge in [-0.05, 0) is 12.3 Å². The summed E-state index contributed by atoms with van der Waals surface area (Å²) in [6, 6.07) is 0. The lowest BCUT2D eigenvalue weighted by Crippen LogP contribution is -2.35. The van der Waals surface area contributed by atoms with E-state index in [1.807, 2.05) is 6.08 Å². The van der Waals surface area contributed by atoms with Crippen LogP contribution in [0.5, 0.6) is 0 Å². The van der Waals surface area contributed by atoms with Gasteiger partial charge in [0.25, 0.3) is 0 Å². The molecule has 2 heteroatoms. The molecule has 0 aliphatic carbocycles. The van der Waals surface area contributed by atoms with Crippen molar-refractivity contribution in [2.24, 2.45) is 11.8 Å². The topological polar surface area (TPSA) is 29.1 Å². The van der Waals surface area contributed by atoms with E-state index in [2.05, 4.69) is 11.9 Å². The third-order valence-electron chi connectivity index (χ3n) is 1.94. The fourth-order valence-corrected chi connectivity index (χ4v) is 1.29. The molecule has 56 valence electrons. The van der Waals surface area contributed by atoms with E-state index in [0.29, 0.717) is 5.92 Å². The van der Waals surface area contributed by atoms with Gasteiger partial charge in [0, 0.05) is 19.0 Å².